The summed E-state index contributed by atoms with van der Waals surface area (Å²) in [5, 5.41) is 0. The average molecular weight is 178 g/mol. The molecule has 4 heteroatoms. The molecule has 0 fully saturated rings. The molecule has 3 nitrogen and oxygen atoms in total. The number of hydrogen-bond acceptors (Lipinski definition) is 3. The molecule has 0 spiro atoms. The molecule has 0 aliphatic heterocycles. The Bertz CT molecular complexity index is 206. The number of rotatable bonds is 5. The zero-order chi connectivity index (χ0) is 8.91. The summed E-state index contributed by atoms with van der Waals surface area (Å²) in [4.78, 5) is 10.1. The van der Waals surface area contributed by atoms with E-state index in [4.69, 9.17) is 0 Å². The van der Waals surface area contributed by atoms with Gasteiger partial charge in [-0.2, -0.15) is 0 Å². The number of aldehydes is 1. The van der Waals surface area contributed by atoms with Crippen molar-refractivity contribution in [3.05, 3.63) is 0 Å². The van der Waals surface area contributed by atoms with Crippen LogP contribution in [0.4, 0.5) is 0 Å². The lowest BCUT2D eigenvalue weighted by atomic mass is 10.1. The van der Waals surface area contributed by atoms with Gasteiger partial charge in [-0.05, 0) is 12.8 Å². The van der Waals surface area contributed by atoms with Gasteiger partial charge in [0.15, 0.2) is 0 Å². The highest BCUT2D eigenvalue weighted by molar-refractivity contribution is 7.90. The van der Waals surface area contributed by atoms with E-state index < -0.39 is 9.84 Å². The lowest BCUT2D eigenvalue weighted by Gasteiger charge is -2.00. The molecule has 0 saturated heterocycles. The van der Waals surface area contributed by atoms with E-state index in [1.54, 1.807) is 6.92 Å². The monoisotopic (exact) mass is 178 g/mol. The smallest absolute Gasteiger partial charge is 0.147 e. The number of carbonyl (C=O) groups is 1. The van der Waals surface area contributed by atoms with E-state index in [-0.39, 0.29) is 11.7 Å². The van der Waals surface area contributed by atoms with Crippen molar-refractivity contribution in [2.45, 2.75) is 19.8 Å². The largest absolute Gasteiger partial charge is 0.303 e. The molecule has 0 rings (SSSR count). The molecule has 0 radical (unpaired) electrons. The van der Waals surface area contributed by atoms with Crippen LogP contribution in [0.1, 0.15) is 19.8 Å². The third-order valence-electron chi connectivity index (χ3n) is 1.41. The molecule has 1 atom stereocenters. The Balaban J connectivity index is 3.51. The number of hydrogen-bond donors (Lipinski definition) is 0. The third kappa shape index (κ3) is 7.52. The molecule has 0 aliphatic rings. The highest BCUT2D eigenvalue weighted by Gasteiger charge is 2.04. The SMILES string of the molecule is CC(C=O)CCCS(C)(=O)=O. The Morgan fingerprint density at radius 2 is 2.00 bits per heavy atom. The third-order valence-corrected chi connectivity index (χ3v) is 2.44. The first-order chi connectivity index (χ1) is 4.95. The van der Waals surface area contributed by atoms with Gasteiger partial charge in [0.05, 0.1) is 0 Å². The van der Waals surface area contributed by atoms with Gasteiger partial charge in [-0.15, -0.1) is 0 Å². The van der Waals surface area contributed by atoms with Crippen molar-refractivity contribution in [3.63, 3.8) is 0 Å². The van der Waals surface area contributed by atoms with Crippen LogP contribution < -0.4 is 0 Å². The minimum Gasteiger partial charge on any atom is -0.303 e. The van der Waals surface area contributed by atoms with E-state index in [1.165, 1.54) is 6.26 Å². The van der Waals surface area contributed by atoms with Gasteiger partial charge in [0.2, 0.25) is 0 Å². The Kier molecular flexibility index (Phi) is 4.33. The maximum absolute atomic E-state index is 10.6. The van der Waals surface area contributed by atoms with Gasteiger partial charge in [-0.25, -0.2) is 8.42 Å². The van der Waals surface area contributed by atoms with Crippen molar-refractivity contribution < 1.29 is 13.2 Å². The van der Waals surface area contributed by atoms with Crippen LogP contribution in [-0.4, -0.2) is 26.7 Å². The second-order valence-electron chi connectivity index (χ2n) is 2.89. The van der Waals surface area contributed by atoms with Crippen LogP contribution in [0.3, 0.4) is 0 Å². The highest BCUT2D eigenvalue weighted by Crippen LogP contribution is 2.03. The van der Waals surface area contributed by atoms with Gasteiger partial charge >= 0.3 is 0 Å². The van der Waals surface area contributed by atoms with Crippen molar-refractivity contribution in [1.82, 2.24) is 0 Å². The Morgan fingerprint density at radius 3 is 2.36 bits per heavy atom. The van der Waals surface area contributed by atoms with Gasteiger partial charge < -0.3 is 4.79 Å². The zero-order valence-corrected chi connectivity index (χ0v) is 7.73. The van der Waals surface area contributed by atoms with Gasteiger partial charge in [-0.1, -0.05) is 6.92 Å². The predicted molar refractivity (Wildman–Crippen MR) is 44.2 cm³/mol. The van der Waals surface area contributed by atoms with Crippen LogP contribution in [0, 0.1) is 5.92 Å². The molecule has 1 unspecified atom stereocenters. The van der Waals surface area contributed by atoms with Crippen molar-refractivity contribution in [3.8, 4) is 0 Å². The first-order valence-corrected chi connectivity index (χ1v) is 5.65. The maximum Gasteiger partial charge on any atom is 0.147 e. The van der Waals surface area contributed by atoms with Gasteiger partial charge in [-0.3, -0.25) is 0 Å². The summed E-state index contributed by atoms with van der Waals surface area (Å²) < 4.78 is 21.2. The summed E-state index contributed by atoms with van der Waals surface area (Å²) in [6, 6.07) is 0. The topological polar surface area (TPSA) is 51.2 Å². The second-order valence-corrected chi connectivity index (χ2v) is 5.15. The van der Waals surface area contributed by atoms with Gasteiger partial charge in [0.1, 0.15) is 16.1 Å². The molecule has 0 N–H and O–H groups in total. The van der Waals surface area contributed by atoms with E-state index in [0.717, 1.165) is 6.29 Å². The quantitative estimate of drug-likeness (QED) is 0.581. The molecular weight excluding hydrogens is 164 g/mol. The molecule has 0 aromatic heterocycles. The standard InChI is InChI=1S/C7H14O3S/c1-7(6-8)4-3-5-11(2,9)10/h6-7H,3-5H2,1-2H3. The second kappa shape index (κ2) is 4.49. The summed E-state index contributed by atoms with van der Waals surface area (Å²) in [6.07, 6.45) is 3.30. The molecular formula is C7H14O3S. The zero-order valence-electron chi connectivity index (χ0n) is 6.91. The first-order valence-electron chi connectivity index (χ1n) is 3.58. The minimum atomic E-state index is -2.84. The van der Waals surface area contributed by atoms with E-state index in [9.17, 15) is 13.2 Å². The number of carbonyl (C=O) groups excluding carboxylic acids is 1. The lowest BCUT2D eigenvalue weighted by molar-refractivity contribution is -0.110. The fourth-order valence-corrected chi connectivity index (χ4v) is 1.43. The summed E-state index contributed by atoms with van der Waals surface area (Å²) in [7, 11) is -2.84. The van der Waals surface area contributed by atoms with Crippen LogP contribution in [-0.2, 0) is 14.6 Å². The molecule has 11 heavy (non-hydrogen) atoms. The summed E-state index contributed by atoms with van der Waals surface area (Å²) >= 11 is 0. The van der Waals surface area contributed by atoms with E-state index >= 15 is 0 Å². The Labute approximate surface area is 67.7 Å². The van der Waals surface area contributed by atoms with E-state index in [0.29, 0.717) is 12.8 Å². The molecule has 66 valence electrons. The maximum atomic E-state index is 10.6. The lowest BCUT2D eigenvalue weighted by Crippen LogP contribution is -2.05. The van der Waals surface area contributed by atoms with Gasteiger partial charge in [0.25, 0.3) is 0 Å². The summed E-state index contributed by atoms with van der Waals surface area (Å²) in [5.41, 5.74) is 0. The van der Waals surface area contributed by atoms with Crippen LogP contribution in [0.5, 0.6) is 0 Å². The minimum absolute atomic E-state index is 0.0169. The molecule has 0 aromatic rings. The van der Waals surface area contributed by atoms with E-state index in [2.05, 4.69) is 0 Å². The van der Waals surface area contributed by atoms with Crippen molar-refractivity contribution in [1.29, 1.82) is 0 Å². The molecule has 0 aliphatic carbocycles. The summed E-state index contributed by atoms with van der Waals surface area (Å²) in [5.74, 6) is 0.169. The predicted octanol–water partition coefficient (Wildman–Crippen LogP) is 0.646. The van der Waals surface area contributed by atoms with Crippen molar-refractivity contribution in [2.75, 3.05) is 12.0 Å². The van der Waals surface area contributed by atoms with Crippen molar-refractivity contribution >= 4 is 16.1 Å². The fraction of sp³-hybridized carbons (Fsp3) is 0.857. The van der Waals surface area contributed by atoms with Crippen LogP contribution in [0.2, 0.25) is 0 Å². The molecule has 0 amide bonds. The van der Waals surface area contributed by atoms with Crippen molar-refractivity contribution in [2.24, 2.45) is 5.92 Å². The van der Waals surface area contributed by atoms with E-state index in [1.807, 2.05) is 0 Å². The highest BCUT2D eigenvalue weighted by atomic mass is 32.2. The number of sulfone groups is 1. The molecule has 0 bridgehead atoms. The molecule has 0 aromatic carbocycles. The van der Waals surface area contributed by atoms with Crippen LogP contribution >= 0.6 is 0 Å². The van der Waals surface area contributed by atoms with Gasteiger partial charge in [0, 0.05) is 17.9 Å². The fourth-order valence-electron chi connectivity index (χ4n) is 0.736. The van der Waals surface area contributed by atoms with Crippen LogP contribution in [0.25, 0.3) is 0 Å². The normalized spacial score (nSPS) is 14.4. The molecule has 0 heterocycles. The average Bonchev–Trinajstić information content (AvgIpc) is 1.85. The summed E-state index contributed by atoms with van der Waals surface area (Å²) in [6.45, 7) is 1.79. The Hall–Kier alpha value is -0.380. The van der Waals surface area contributed by atoms with Crippen LogP contribution in [0.15, 0.2) is 0 Å². The molecule has 0 saturated carbocycles. The first kappa shape index (κ1) is 10.6. The Morgan fingerprint density at radius 1 is 1.45 bits per heavy atom.